The van der Waals surface area contributed by atoms with Crippen molar-refractivity contribution in [2.45, 2.75) is 45.4 Å². The SMILES string of the molecule is CC(C(=CF)CNC(=O)OC(C)(C)C)c1cc(F)cc(C(F)(F)F)c1. The van der Waals surface area contributed by atoms with Crippen LogP contribution < -0.4 is 5.32 Å². The predicted molar refractivity (Wildman–Crippen MR) is 83.2 cm³/mol. The molecule has 0 saturated carbocycles. The van der Waals surface area contributed by atoms with Crippen LogP contribution in [0.5, 0.6) is 0 Å². The number of hydrogen-bond acceptors (Lipinski definition) is 2. The number of nitrogens with one attached hydrogen (secondary N) is 1. The van der Waals surface area contributed by atoms with Crippen molar-refractivity contribution in [3.05, 3.63) is 47.0 Å². The van der Waals surface area contributed by atoms with Crippen LogP contribution in [0, 0.1) is 5.82 Å². The smallest absolute Gasteiger partial charge is 0.416 e. The topological polar surface area (TPSA) is 38.3 Å². The molecule has 1 N–H and O–H groups in total. The van der Waals surface area contributed by atoms with E-state index in [1.165, 1.54) is 6.92 Å². The highest BCUT2D eigenvalue weighted by molar-refractivity contribution is 5.68. The monoisotopic (exact) mass is 365 g/mol. The van der Waals surface area contributed by atoms with E-state index in [1.807, 2.05) is 0 Å². The summed E-state index contributed by atoms with van der Waals surface area (Å²) in [5.74, 6) is -1.95. The van der Waals surface area contributed by atoms with Gasteiger partial charge in [-0.3, -0.25) is 0 Å². The molecular weight excluding hydrogens is 345 g/mol. The van der Waals surface area contributed by atoms with Crippen LogP contribution in [0.15, 0.2) is 30.1 Å². The van der Waals surface area contributed by atoms with Crippen LogP contribution in [0.25, 0.3) is 0 Å². The van der Waals surface area contributed by atoms with E-state index in [2.05, 4.69) is 5.32 Å². The molecule has 1 aromatic rings. The summed E-state index contributed by atoms with van der Waals surface area (Å²) in [6.07, 6.45) is -5.33. The molecule has 140 valence electrons. The lowest BCUT2D eigenvalue weighted by molar-refractivity contribution is -0.137. The van der Waals surface area contributed by atoms with Crippen molar-refractivity contribution in [2.24, 2.45) is 0 Å². The van der Waals surface area contributed by atoms with E-state index < -0.39 is 35.2 Å². The molecule has 1 amide bonds. The second-order valence-electron chi connectivity index (χ2n) is 6.53. The van der Waals surface area contributed by atoms with Crippen LogP contribution >= 0.6 is 0 Å². The lowest BCUT2D eigenvalue weighted by Gasteiger charge is -2.21. The second-order valence-corrected chi connectivity index (χ2v) is 6.53. The first-order chi connectivity index (χ1) is 11.3. The zero-order valence-electron chi connectivity index (χ0n) is 14.3. The predicted octanol–water partition coefficient (Wildman–Crippen LogP) is 5.33. The van der Waals surface area contributed by atoms with Crippen molar-refractivity contribution >= 4 is 6.09 Å². The fraction of sp³-hybridized carbons (Fsp3) is 0.471. The minimum Gasteiger partial charge on any atom is -0.444 e. The lowest BCUT2D eigenvalue weighted by Crippen LogP contribution is -2.34. The summed E-state index contributed by atoms with van der Waals surface area (Å²) in [6, 6.07) is 2.02. The molecule has 0 aromatic heterocycles. The van der Waals surface area contributed by atoms with Gasteiger partial charge in [-0.05, 0) is 50.1 Å². The van der Waals surface area contributed by atoms with Gasteiger partial charge in [0.25, 0.3) is 0 Å². The van der Waals surface area contributed by atoms with Gasteiger partial charge >= 0.3 is 12.3 Å². The van der Waals surface area contributed by atoms with E-state index in [1.54, 1.807) is 20.8 Å². The summed E-state index contributed by atoms with van der Waals surface area (Å²) in [6.45, 7) is 6.06. The van der Waals surface area contributed by atoms with Crippen molar-refractivity contribution < 1.29 is 31.5 Å². The molecule has 1 atom stereocenters. The summed E-state index contributed by atoms with van der Waals surface area (Å²) in [7, 11) is 0. The Labute approximate surface area is 142 Å². The van der Waals surface area contributed by atoms with Crippen LogP contribution in [0.3, 0.4) is 0 Å². The Balaban J connectivity index is 2.91. The number of alkyl halides is 3. The van der Waals surface area contributed by atoms with Gasteiger partial charge in [-0.2, -0.15) is 13.2 Å². The first-order valence-corrected chi connectivity index (χ1v) is 7.47. The fourth-order valence-electron chi connectivity index (χ4n) is 2.01. The van der Waals surface area contributed by atoms with Gasteiger partial charge in [0.05, 0.1) is 11.9 Å². The number of carbonyl (C=O) groups is 1. The maximum absolute atomic E-state index is 13.5. The van der Waals surface area contributed by atoms with Crippen molar-refractivity contribution in [1.29, 1.82) is 0 Å². The van der Waals surface area contributed by atoms with Crippen molar-refractivity contribution in [3.63, 3.8) is 0 Å². The van der Waals surface area contributed by atoms with Crippen LogP contribution in [0.1, 0.15) is 44.7 Å². The largest absolute Gasteiger partial charge is 0.444 e. The van der Waals surface area contributed by atoms with E-state index in [-0.39, 0.29) is 24.0 Å². The Morgan fingerprint density at radius 3 is 2.32 bits per heavy atom. The van der Waals surface area contributed by atoms with Crippen LogP contribution in [-0.4, -0.2) is 18.2 Å². The van der Waals surface area contributed by atoms with Crippen molar-refractivity contribution in [3.8, 4) is 0 Å². The number of alkyl carbamates (subject to hydrolysis) is 1. The summed E-state index contributed by atoms with van der Waals surface area (Å²) in [5.41, 5.74) is -1.99. The van der Waals surface area contributed by atoms with Gasteiger partial charge in [-0.25, -0.2) is 13.6 Å². The molecule has 0 aliphatic rings. The number of carbonyl (C=O) groups excluding carboxylic acids is 1. The molecule has 0 heterocycles. The standard InChI is InChI=1S/C17H20F5NO2/c1-10(11-5-13(17(20,21)22)7-14(19)6-11)12(8-18)9-23-15(24)25-16(2,3)4/h5-8,10H,9H2,1-4H3,(H,23,24). The van der Waals surface area contributed by atoms with Crippen LogP contribution in [0.2, 0.25) is 0 Å². The Morgan fingerprint density at radius 2 is 1.84 bits per heavy atom. The molecule has 0 aliphatic carbocycles. The first kappa shape index (κ1) is 20.9. The second kappa shape index (κ2) is 7.84. The molecular formula is C17H20F5NO2. The molecule has 25 heavy (non-hydrogen) atoms. The summed E-state index contributed by atoms with van der Waals surface area (Å²) in [4.78, 5) is 11.6. The first-order valence-electron chi connectivity index (χ1n) is 7.47. The third-order valence-corrected chi connectivity index (χ3v) is 3.28. The molecule has 1 rings (SSSR count). The lowest BCUT2D eigenvalue weighted by atomic mass is 9.92. The summed E-state index contributed by atoms with van der Waals surface area (Å²) in [5, 5.41) is 2.31. The molecule has 3 nitrogen and oxygen atoms in total. The van der Waals surface area contributed by atoms with Gasteiger partial charge in [-0.1, -0.05) is 6.92 Å². The molecule has 0 fully saturated rings. The highest BCUT2D eigenvalue weighted by Crippen LogP contribution is 2.33. The van der Waals surface area contributed by atoms with Gasteiger partial charge in [-0.15, -0.1) is 0 Å². The van der Waals surface area contributed by atoms with E-state index in [0.717, 1.165) is 12.1 Å². The molecule has 0 bridgehead atoms. The quantitative estimate of drug-likeness (QED) is 0.733. The average molecular weight is 365 g/mol. The maximum atomic E-state index is 13.5. The number of halogens is 5. The zero-order chi connectivity index (χ0) is 19.4. The van der Waals surface area contributed by atoms with E-state index in [9.17, 15) is 26.7 Å². The molecule has 8 heteroatoms. The van der Waals surface area contributed by atoms with Gasteiger partial charge in [0.2, 0.25) is 0 Å². The minimum absolute atomic E-state index is 0.0235. The van der Waals surface area contributed by atoms with Gasteiger partial charge in [0, 0.05) is 12.5 Å². The molecule has 0 spiro atoms. The number of amides is 1. The van der Waals surface area contributed by atoms with Crippen molar-refractivity contribution in [2.75, 3.05) is 6.54 Å². The van der Waals surface area contributed by atoms with Gasteiger partial charge < -0.3 is 10.1 Å². The highest BCUT2D eigenvalue weighted by atomic mass is 19.4. The van der Waals surface area contributed by atoms with E-state index in [0.29, 0.717) is 6.07 Å². The third kappa shape index (κ3) is 6.72. The van der Waals surface area contributed by atoms with Gasteiger partial charge in [0.1, 0.15) is 11.4 Å². The van der Waals surface area contributed by atoms with E-state index >= 15 is 0 Å². The number of rotatable bonds is 4. The molecule has 1 unspecified atom stereocenters. The highest BCUT2D eigenvalue weighted by Gasteiger charge is 2.32. The summed E-state index contributed by atoms with van der Waals surface area (Å²) >= 11 is 0. The average Bonchev–Trinajstić information content (AvgIpc) is 2.44. The molecule has 0 aliphatic heterocycles. The Kier molecular flexibility index (Phi) is 6.56. The molecule has 1 aromatic carbocycles. The number of benzene rings is 1. The third-order valence-electron chi connectivity index (χ3n) is 3.28. The number of ether oxygens (including phenoxy) is 1. The Morgan fingerprint density at radius 1 is 1.24 bits per heavy atom. The zero-order valence-corrected chi connectivity index (χ0v) is 14.3. The summed E-state index contributed by atoms with van der Waals surface area (Å²) < 4.78 is 70.0. The Bertz CT molecular complexity index is 647. The normalized spacial score (nSPS) is 14.2. The molecule has 0 saturated heterocycles. The minimum atomic E-state index is -4.72. The fourth-order valence-corrected chi connectivity index (χ4v) is 2.01. The Hall–Kier alpha value is -2.12. The number of hydrogen-bond donors (Lipinski definition) is 1. The van der Waals surface area contributed by atoms with E-state index in [4.69, 9.17) is 4.74 Å². The maximum Gasteiger partial charge on any atom is 0.416 e. The van der Waals surface area contributed by atoms with Gasteiger partial charge in [0.15, 0.2) is 0 Å². The van der Waals surface area contributed by atoms with Crippen LogP contribution in [-0.2, 0) is 10.9 Å². The molecule has 0 radical (unpaired) electrons. The van der Waals surface area contributed by atoms with Crippen molar-refractivity contribution in [1.82, 2.24) is 5.32 Å². The van der Waals surface area contributed by atoms with Crippen LogP contribution in [0.4, 0.5) is 26.7 Å².